The summed E-state index contributed by atoms with van der Waals surface area (Å²) in [6.45, 7) is 1.55. The quantitative estimate of drug-likeness (QED) is 0.719. The Morgan fingerprint density at radius 2 is 1.80 bits per heavy atom. The van der Waals surface area contributed by atoms with E-state index in [2.05, 4.69) is 32.4 Å². The molecule has 1 unspecified atom stereocenters. The van der Waals surface area contributed by atoms with Crippen LogP contribution in [0.5, 0.6) is 0 Å². The van der Waals surface area contributed by atoms with Crippen molar-refractivity contribution < 1.29 is 4.39 Å². The molecule has 1 heterocycles. The van der Waals surface area contributed by atoms with Gasteiger partial charge in [0, 0.05) is 19.1 Å². The minimum Gasteiger partial charge on any atom is -0.311 e. The van der Waals surface area contributed by atoms with Gasteiger partial charge in [-0.2, -0.15) is 5.10 Å². The first kappa shape index (κ1) is 17.3. The normalized spacial score (nSPS) is 12.5. The second-order valence-corrected chi connectivity index (χ2v) is 6.17. The smallest absolute Gasteiger partial charge is 0.138 e. The summed E-state index contributed by atoms with van der Waals surface area (Å²) >= 11 is 0. The highest BCUT2D eigenvalue weighted by atomic mass is 19.1. The molecule has 1 aromatic heterocycles. The van der Waals surface area contributed by atoms with Crippen molar-refractivity contribution >= 4 is 0 Å². The Morgan fingerprint density at radius 3 is 2.40 bits per heavy atom. The zero-order chi connectivity index (χ0) is 17.6. The van der Waals surface area contributed by atoms with E-state index < -0.39 is 0 Å². The van der Waals surface area contributed by atoms with E-state index >= 15 is 0 Å². The number of nitrogens with zero attached hydrogens (tertiary/aromatic N) is 4. The topological polar surface area (TPSA) is 46.0 Å². The SMILES string of the molecule is CN(C)C(CNCc1ccc(-n2cncn2)cc1)c1ccc(F)cc1. The van der Waals surface area contributed by atoms with E-state index in [-0.39, 0.29) is 11.9 Å². The fourth-order valence-corrected chi connectivity index (χ4v) is 2.74. The number of aromatic nitrogens is 3. The van der Waals surface area contributed by atoms with Crippen LogP contribution >= 0.6 is 0 Å². The predicted octanol–water partition coefficient (Wildman–Crippen LogP) is 2.80. The summed E-state index contributed by atoms with van der Waals surface area (Å²) in [4.78, 5) is 6.09. The zero-order valence-corrected chi connectivity index (χ0v) is 14.4. The van der Waals surface area contributed by atoms with Crippen molar-refractivity contribution in [3.63, 3.8) is 0 Å². The van der Waals surface area contributed by atoms with Gasteiger partial charge in [0.2, 0.25) is 0 Å². The van der Waals surface area contributed by atoms with E-state index in [0.29, 0.717) is 0 Å². The molecule has 3 rings (SSSR count). The Balaban J connectivity index is 1.58. The Hall–Kier alpha value is -2.57. The molecule has 0 fully saturated rings. The molecule has 0 amide bonds. The largest absolute Gasteiger partial charge is 0.311 e. The molecule has 5 nitrogen and oxygen atoms in total. The monoisotopic (exact) mass is 339 g/mol. The number of hydrogen-bond acceptors (Lipinski definition) is 4. The van der Waals surface area contributed by atoms with Crippen LogP contribution in [0.15, 0.2) is 61.2 Å². The van der Waals surface area contributed by atoms with Crippen LogP contribution in [0.4, 0.5) is 4.39 Å². The fourth-order valence-electron chi connectivity index (χ4n) is 2.74. The summed E-state index contributed by atoms with van der Waals surface area (Å²) in [7, 11) is 4.06. The van der Waals surface area contributed by atoms with Crippen molar-refractivity contribution in [1.82, 2.24) is 25.0 Å². The Bertz CT molecular complexity index is 767. The van der Waals surface area contributed by atoms with Crippen LogP contribution in [0, 0.1) is 5.82 Å². The molecule has 0 aliphatic rings. The average Bonchev–Trinajstić information content (AvgIpc) is 3.15. The molecule has 130 valence electrons. The van der Waals surface area contributed by atoms with Crippen LogP contribution in [0.3, 0.4) is 0 Å². The molecule has 2 aromatic carbocycles. The lowest BCUT2D eigenvalue weighted by molar-refractivity contribution is 0.288. The van der Waals surface area contributed by atoms with Crippen LogP contribution in [-0.2, 0) is 6.54 Å². The maximum Gasteiger partial charge on any atom is 0.138 e. The van der Waals surface area contributed by atoms with E-state index in [4.69, 9.17) is 0 Å². The lowest BCUT2D eigenvalue weighted by Gasteiger charge is -2.25. The highest BCUT2D eigenvalue weighted by molar-refractivity contribution is 5.33. The third-order valence-corrected chi connectivity index (χ3v) is 4.16. The van der Waals surface area contributed by atoms with Crippen LogP contribution in [0.25, 0.3) is 5.69 Å². The van der Waals surface area contributed by atoms with Gasteiger partial charge in [-0.05, 0) is 49.5 Å². The molecular formula is C19H22FN5. The van der Waals surface area contributed by atoms with Crippen molar-refractivity contribution in [2.45, 2.75) is 12.6 Å². The molecule has 25 heavy (non-hydrogen) atoms. The molecule has 6 heteroatoms. The Kier molecular flexibility index (Phi) is 5.53. The van der Waals surface area contributed by atoms with Crippen molar-refractivity contribution in [3.05, 3.63) is 78.1 Å². The minimum absolute atomic E-state index is 0.190. The Morgan fingerprint density at radius 1 is 1.08 bits per heavy atom. The van der Waals surface area contributed by atoms with Gasteiger partial charge in [-0.3, -0.25) is 0 Å². The van der Waals surface area contributed by atoms with Crippen molar-refractivity contribution in [1.29, 1.82) is 0 Å². The van der Waals surface area contributed by atoms with Crippen molar-refractivity contribution in [3.8, 4) is 5.69 Å². The molecule has 0 bridgehead atoms. The number of rotatable bonds is 7. The van der Waals surface area contributed by atoms with Gasteiger partial charge in [-0.15, -0.1) is 0 Å². The standard InChI is InChI=1S/C19H22FN5/c1-24(2)19(16-5-7-17(20)8-6-16)12-21-11-15-3-9-18(10-4-15)25-14-22-13-23-25/h3-10,13-14,19,21H,11-12H2,1-2H3. The van der Waals surface area contributed by atoms with Gasteiger partial charge in [0.15, 0.2) is 0 Å². The van der Waals surface area contributed by atoms with Crippen LogP contribution in [0.1, 0.15) is 17.2 Å². The van der Waals surface area contributed by atoms with E-state index in [9.17, 15) is 4.39 Å². The number of likely N-dealkylation sites (N-methyl/N-ethyl adjacent to an activating group) is 1. The van der Waals surface area contributed by atoms with Crippen LogP contribution < -0.4 is 5.32 Å². The third-order valence-electron chi connectivity index (χ3n) is 4.16. The van der Waals surface area contributed by atoms with E-state index in [0.717, 1.165) is 24.3 Å². The number of nitrogens with one attached hydrogen (secondary N) is 1. The summed E-state index contributed by atoms with van der Waals surface area (Å²) in [6, 6.07) is 15.1. The van der Waals surface area contributed by atoms with Gasteiger partial charge in [0.05, 0.1) is 5.69 Å². The predicted molar refractivity (Wildman–Crippen MR) is 95.9 cm³/mol. The summed E-state index contributed by atoms with van der Waals surface area (Å²) in [5, 5.41) is 7.60. The highest BCUT2D eigenvalue weighted by Gasteiger charge is 2.13. The molecule has 0 spiro atoms. The van der Waals surface area contributed by atoms with Gasteiger partial charge in [-0.25, -0.2) is 14.1 Å². The van der Waals surface area contributed by atoms with Crippen molar-refractivity contribution in [2.24, 2.45) is 0 Å². The molecule has 1 N–H and O–H groups in total. The first-order chi connectivity index (χ1) is 12.1. The van der Waals surface area contributed by atoms with E-state index in [1.165, 1.54) is 24.0 Å². The average molecular weight is 339 g/mol. The number of halogens is 1. The lowest BCUT2D eigenvalue weighted by Crippen LogP contribution is -2.30. The van der Waals surface area contributed by atoms with Gasteiger partial charge in [-0.1, -0.05) is 24.3 Å². The van der Waals surface area contributed by atoms with Crippen molar-refractivity contribution in [2.75, 3.05) is 20.6 Å². The van der Waals surface area contributed by atoms with Crippen LogP contribution in [0.2, 0.25) is 0 Å². The zero-order valence-electron chi connectivity index (χ0n) is 14.4. The van der Waals surface area contributed by atoms with Gasteiger partial charge < -0.3 is 10.2 Å². The lowest BCUT2D eigenvalue weighted by atomic mass is 10.1. The van der Waals surface area contributed by atoms with Gasteiger partial charge >= 0.3 is 0 Å². The molecule has 0 saturated heterocycles. The molecule has 0 aliphatic heterocycles. The minimum atomic E-state index is -0.207. The highest BCUT2D eigenvalue weighted by Crippen LogP contribution is 2.18. The Labute approximate surface area is 147 Å². The third kappa shape index (κ3) is 4.49. The molecular weight excluding hydrogens is 317 g/mol. The van der Waals surface area contributed by atoms with Gasteiger partial charge in [0.1, 0.15) is 18.5 Å². The maximum atomic E-state index is 13.1. The second-order valence-electron chi connectivity index (χ2n) is 6.17. The molecule has 1 atom stereocenters. The summed E-state index contributed by atoms with van der Waals surface area (Å²) in [5.74, 6) is -0.207. The molecule has 0 saturated carbocycles. The molecule has 0 aliphatic carbocycles. The van der Waals surface area contributed by atoms with Gasteiger partial charge in [0.25, 0.3) is 0 Å². The number of benzene rings is 2. The maximum absolute atomic E-state index is 13.1. The first-order valence-corrected chi connectivity index (χ1v) is 8.20. The van der Waals surface area contributed by atoms with E-state index in [1.54, 1.807) is 11.0 Å². The molecule has 3 aromatic rings. The summed E-state index contributed by atoms with van der Waals surface area (Å²) in [6.07, 6.45) is 3.20. The fraction of sp³-hybridized carbons (Fsp3) is 0.263. The summed E-state index contributed by atoms with van der Waals surface area (Å²) in [5.41, 5.74) is 3.28. The van der Waals surface area contributed by atoms with E-state index in [1.807, 2.05) is 38.4 Å². The molecule has 0 radical (unpaired) electrons. The number of hydrogen-bond donors (Lipinski definition) is 1. The first-order valence-electron chi connectivity index (χ1n) is 8.20. The van der Waals surface area contributed by atoms with Crippen LogP contribution in [-0.4, -0.2) is 40.3 Å². The second kappa shape index (κ2) is 8.00. The summed E-state index contributed by atoms with van der Waals surface area (Å²) < 4.78 is 14.8.